The monoisotopic (exact) mass is 2040 g/mol. The Bertz CT molecular complexity index is 5130. The quantitative estimate of drug-likeness (QED) is 0.00680. The van der Waals surface area contributed by atoms with Crippen LogP contribution in [0, 0.1) is 0 Å². The summed E-state index contributed by atoms with van der Waals surface area (Å²) in [6.07, 6.45) is 9.73. The van der Waals surface area contributed by atoms with Crippen molar-refractivity contribution in [2.24, 2.45) is 0 Å². The summed E-state index contributed by atoms with van der Waals surface area (Å²) in [5, 5.41) is 50.1. The molecule has 0 radical (unpaired) electrons. The van der Waals surface area contributed by atoms with Crippen LogP contribution in [-0.4, -0.2) is 127 Å². The van der Waals surface area contributed by atoms with Crippen molar-refractivity contribution in [1.82, 2.24) is 0 Å². The van der Waals surface area contributed by atoms with Gasteiger partial charge < -0.3 is 77.3 Å². The number of thiophene rings is 1. The van der Waals surface area contributed by atoms with Gasteiger partial charge in [-0.05, 0) is 308 Å². The molecule has 770 valence electrons. The molecule has 0 aliphatic carbocycles. The first-order chi connectivity index (χ1) is 67.5. The number of anilines is 1. The summed E-state index contributed by atoms with van der Waals surface area (Å²) in [7, 11) is 0. The number of aromatic hydroxyl groups is 3. The zero-order valence-corrected chi connectivity index (χ0v) is 89.9. The number of alkyl halides is 1. The predicted octanol–water partition coefficient (Wildman–Crippen LogP) is 30.1. The molecular formula is C117H157BrClNO20S. The normalized spacial score (nSPS) is 13.4. The van der Waals surface area contributed by atoms with E-state index in [1.165, 1.54) is 51.2 Å². The van der Waals surface area contributed by atoms with Gasteiger partial charge in [-0.1, -0.05) is 225 Å². The number of carbonyl (C=O) groups excluding carboxylic acids is 4. The lowest BCUT2D eigenvalue weighted by Crippen LogP contribution is -2.21. The van der Waals surface area contributed by atoms with Gasteiger partial charge in [0, 0.05) is 30.3 Å². The molecule has 11 aromatic rings. The SMILES string of the molecule is CCC(C)(Cl)c1ccccc1.CCC(C)c1ccc(O)c(C(=O)CO)c1.CCC(C)c1ccc(O)cc1.CCC(C)c1ccc(O)cc1.CCC(C)c1ccc(OC(C)OCCOC(=O)Nc2ccccc2)cc1.CCC(C)c1ccc(OC(C)OCCOC(C)=O)c(Br)c1.CCC(C)c1ccc(OC(C)OCCc2ccco2)cc1.CCC(C)c1ccc(OC(C)OCCc2cccs2)c(C(=O)CO)c1. The van der Waals surface area contributed by atoms with E-state index in [4.69, 9.17) is 78.7 Å². The molecule has 0 aliphatic rings. The van der Waals surface area contributed by atoms with Gasteiger partial charge in [0.25, 0.3) is 0 Å². The highest BCUT2D eigenvalue weighted by atomic mass is 79.9. The molecule has 0 fully saturated rings. The highest BCUT2D eigenvalue weighted by Crippen LogP contribution is 2.35. The smallest absolute Gasteiger partial charge is 0.411 e. The van der Waals surface area contributed by atoms with Gasteiger partial charge in [0.2, 0.25) is 0 Å². The van der Waals surface area contributed by atoms with Crippen LogP contribution in [0.2, 0.25) is 0 Å². The fraction of sp³-hybridized carbons (Fsp3) is 0.436. The van der Waals surface area contributed by atoms with E-state index in [-0.39, 0.29) is 54.1 Å². The third-order valence-corrected chi connectivity index (χ3v) is 25.9. The minimum absolute atomic E-state index is 0.0684. The Kier molecular flexibility index (Phi) is 60.1. The minimum Gasteiger partial charge on any atom is -0.508 e. The number of nitrogens with one attached hydrogen (secondary N) is 1. The summed E-state index contributed by atoms with van der Waals surface area (Å²) in [5.74, 6) is 6.76. The van der Waals surface area contributed by atoms with E-state index < -0.39 is 44.0 Å². The van der Waals surface area contributed by atoms with Crippen molar-refractivity contribution in [3.05, 3.63) is 319 Å². The van der Waals surface area contributed by atoms with Gasteiger partial charge in [0.15, 0.2) is 36.7 Å². The fourth-order valence-corrected chi connectivity index (χ4v) is 14.5. The van der Waals surface area contributed by atoms with E-state index in [1.807, 2.05) is 161 Å². The summed E-state index contributed by atoms with van der Waals surface area (Å²) >= 11 is 11.5. The number of rotatable bonds is 45. The standard InChI is InChI=1S/C21H27NO4.C20H26O4S.C18H24O3.C16H23BrO4.C12H16O3.C10H13Cl.2C10H14O/c1-4-16(2)18-10-12-20(13-11-18)26-17(3)24-14-15-25-21(23)22-19-8-6-5-7-9-19;1-4-14(2)16-7-8-20(18(12-16)19(22)13-21)24-15(3)23-10-9-17-6-5-11-25-17;1-4-14(2)16-7-9-18(10-8-16)21-15(3)19-13-11-17-6-5-12-20-17;1-5-11(2)14-6-7-16(15(17)10-14)21-13(4)20-9-8-19-12(3)18;1-3-8(2)9-4-5-11(14)10(6-9)12(15)7-13;1-3-10(2,11)9-7-5-4-6-8-9;2*1-3-8(2)9-4-6-10(11)7-5-9/h5-13,16-17H,4,14-15H2,1-3H3,(H,22,23);5-8,11-12,14-15,21H,4,9-10,13H2,1-3H3;5-10,12,14-15H,4,11,13H2,1-3H3;6-7,10-11,13H,5,8-9H2,1-4H3;4-6,8,13-14H,3,7H2,1-2H3;4-8H,3H2,1-2H3;2*4-8,11H,3H2,1-2H3. The molecule has 2 heterocycles. The van der Waals surface area contributed by atoms with Crippen LogP contribution in [0.15, 0.2) is 257 Å². The van der Waals surface area contributed by atoms with Crippen LogP contribution in [0.5, 0.6) is 40.2 Å². The number of hydrogen-bond acceptors (Lipinski definition) is 21. The number of ketones is 2. The van der Waals surface area contributed by atoms with E-state index >= 15 is 0 Å². The first kappa shape index (κ1) is 122. The van der Waals surface area contributed by atoms with Gasteiger partial charge in [0.1, 0.15) is 72.4 Å². The zero-order chi connectivity index (χ0) is 104. The molecule has 0 bridgehead atoms. The number of esters is 1. The number of furan rings is 1. The topological polar surface area (TPSA) is 287 Å². The van der Waals surface area contributed by atoms with Crippen LogP contribution in [0.25, 0.3) is 0 Å². The molecule has 9 aromatic carbocycles. The predicted molar refractivity (Wildman–Crippen MR) is 574 cm³/mol. The maximum atomic E-state index is 12.1. The summed E-state index contributed by atoms with van der Waals surface area (Å²) < 4.78 is 61.3. The van der Waals surface area contributed by atoms with Crippen LogP contribution in [-0.2, 0) is 50.9 Å². The summed E-state index contributed by atoms with van der Waals surface area (Å²) in [6.45, 7) is 44.0. The minimum atomic E-state index is -0.572. The lowest BCUT2D eigenvalue weighted by atomic mass is 9.95. The lowest BCUT2D eigenvalue weighted by Gasteiger charge is -2.19. The summed E-state index contributed by atoms with van der Waals surface area (Å²) in [5.41, 5.74) is 11.1. The number of hydrogen-bond donors (Lipinski definition) is 6. The van der Waals surface area contributed by atoms with Crippen LogP contribution >= 0.6 is 38.9 Å². The van der Waals surface area contributed by atoms with Gasteiger partial charge in [-0.2, -0.15) is 0 Å². The van der Waals surface area contributed by atoms with Crippen molar-refractivity contribution in [1.29, 1.82) is 0 Å². The van der Waals surface area contributed by atoms with E-state index in [2.05, 4.69) is 180 Å². The Morgan fingerprint density at radius 2 is 0.780 bits per heavy atom. The number of aliphatic hydroxyl groups is 2. The number of para-hydroxylation sites is 1. The Labute approximate surface area is 857 Å². The van der Waals surface area contributed by atoms with Crippen LogP contribution in [0.4, 0.5) is 10.5 Å². The maximum absolute atomic E-state index is 12.1. The first-order valence-corrected chi connectivity index (χ1v) is 51.4. The van der Waals surface area contributed by atoms with Crippen molar-refractivity contribution in [2.75, 3.05) is 58.2 Å². The number of Topliss-reactive ketones (excluding diaryl/α,β-unsaturated/α-hetero) is 2. The molecule has 12 unspecified atom stereocenters. The Hall–Kier alpha value is -10.8. The van der Waals surface area contributed by atoms with E-state index in [0.717, 1.165) is 103 Å². The molecule has 0 saturated heterocycles. The van der Waals surface area contributed by atoms with Gasteiger partial charge in [-0.15, -0.1) is 22.9 Å². The number of phenolic OH excluding ortho intramolecular Hbond substituents is 3. The highest BCUT2D eigenvalue weighted by Gasteiger charge is 2.22. The number of carbonyl (C=O) groups is 4. The third-order valence-electron chi connectivity index (χ3n) is 23.9. The molecule has 11 rings (SSSR count). The molecular weight excluding hydrogens is 1890 g/mol. The van der Waals surface area contributed by atoms with E-state index in [0.29, 0.717) is 89.7 Å². The number of ether oxygens (including phenoxy) is 10. The molecule has 141 heavy (non-hydrogen) atoms. The Balaban J connectivity index is 0.000000343. The van der Waals surface area contributed by atoms with Crippen molar-refractivity contribution in [3.8, 4) is 40.2 Å². The van der Waals surface area contributed by atoms with Gasteiger partial charge in [-0.3, -0.25) is 19.7 Å². The van der Waals surface area contributed by atoms with E-state index in [9.17, 15) is 29.4 Å². The van der Waals surface area contributed by atoms with E-state index in [1.54, 1.807) is 72.2 Å². The molecule has 6 N–H and O–H groups in total. The molecule has 21 nitrogen and oxygen atoms in total. The van der Waals surface area contributed by atoms with Crippen molar-refractivity contribution in [2.45, 2.75) is 281 Å². The third kappa shape index (κ3) is 48.7. The highest BCUT2D eigenvalue weighted by molar-refractivity contribution is 9.10. The molecule has 0 spiro atoms. The summed E-state index contributed by atoms with van der Waals surface area (Å²) in [6, 6.07) is 75.0. The maximum Gasteiger partial charge on any atom is 0.411 e. The second-order valence-electron chi connectivity index (χ2n) is 34.6. The summed E-state index contributed by atoms with van der Waals surface area (Å²) in [4.78, 5) is 46.7. The largest absolute Gasteiger partial charge is 0.508 e. The van der Waals surface area contributed by atoms with Crippen molar-refractivity contribution < 1.29 is 96.5 Å². The Morgan fingerprint density at radius 3 is 1.19 bits per heavy atom. The van der Waals surface area contributed by atoms with Gasteiger partial charge >= 0.3 is 12.1 Å². The first-order valence-electron chi connectivity index (χ1n) is 49.4. The number of benzene rings is 9. The van der Waals surface area contributed by atoms with Crippen molar-refractivity contribution >= 4 is 68.2 Å². The second kappa shape index (κ2) is 69.2. The average Bonchev–Trinajstić information content (AvgIpc) is 1.62. The number of amides is 1. The van der Waals surface area contributed by atoms with Crippen molar-refractivity contribution in [3.63, 3.8) is 0 Å². The number of phenols is 3. The van der Waals surface area contributed by atoms with Crippen LogP contribution < -0.4 is 24.3 Å². The van der Waals surface area contributed by atoms with Crippen LogP contribution in [0.3, 0.4) is 0 Å². The fourth-order valence-electron chi connectivity index (χ4n) is 13.2. The molecule has 24 heteroatoms. The van der Waals surface area contributed by atoms with Crippen LogP contribution in [0.1, 0.15) is 314 Å². The van der Waals surface area contributed by atoms with Gasteiger partial charge in [0.05, 0.1) is 53.2 Å². The molecule has 0 aliphatic heterocycles. The number of halogens is 2. The lowest BCUT2D eigenvalue weighted by molar-refractivity contribution is -0.145. The molecule has 12 atom stereocenters. The Morgan fingerprint density at radius 1 is 0.404 bits per heavy atom. The molecule has 0 saturated carbocycles. The number of aliphatic hydroxyl groups excluding tert-OH is 2. The zero-order valence-electron chi connectivity index (χ0n) is 86.8. The van der Waals surface area contributed by atoms with Gasteiger partial charge in [-0.25, -0.2) is 4.79 Å². The molecule has 1 amide bonds. The average molecular weight is 2040 g/mol. The molecule has 2 aromatic heterocycles. The second-order valence-corrected chi connectivity index (χ2v) is 37.4.